The van der Waals surface area contributed by atoms with Crippen molar-refractivity contribution in [1.82, 2.24) is 9.97 Å². The van der Waals surface area contributed by atoms with Gasteiger partial charge in [0.2, 0.25) is 11.8 Å². The SMILES string of the molecule is CCCCCOc1ccc2c(n1)CCc1nc(OCCCCC)ccc1-2. The van der Waals surface area contributed by atoms with Gasteiger partial charge in [-0.05, 0) is 37.8 Å². The maximum absolute atomic E-state index is 5.80. The van der Waals surface area contributed by atoms with Crippen LogP contribution in [0.3, 0.4) is 0 Å². The minimum absolute atomic E-state index is 0.743. The monoisotopic (exact) mass is 354 g/mol. The normalized spacial score (nSPS) is 12.4. The number of nitrogens with zero attached hydrogens (tertiary/aromatic N) is 2. The van der Waals surface area contributed by atoms with E-state index in [0.29, 0.717) is 0 Å². The quantitative estimate of drug-likeness (QED) is 0.537. The van der Waals surface area contributed by atoms with E-state index in [2.05, 4.69) is 26.0 Å². The molecule has 0 atom stereocenters. The summed E-state index contributed by atoms with van der Waals surface area (Å²) in [4.78, 5) is 9.44. The van der Waals surface area contributed by atoms with E-state index >= 15 is 0 Å². The minimum Gasteiger partial charge on any atom is -0.478 e. The smallest absolute Gasteiger partial charge is 0.213 e. The zero-order valence-corrected chi connectivity index (χ0v) is 16.1. The second-order valence-electron chi connectivity index (χ2n) is 6.90. The van der Waals surface area contributed by atoms with Crippen LogP contribution in [0.1, 0.15) is 63.8 Å². The highest BCUT2D eigenvalue weighted by Gasteiger charge is 2.19. The summed E-state index contributed by atoms with van der Waals surface area (Å²) < 4.78 is 11.6. The molecule has 0 aliphatic heterocycles. The minimum atomic E-state index is 0.743. The first-order valence-electron chi connectivity index (χ1n) is 10.1. The lowest BCUT2D eigenvalue weighted by molar-refractivity contribution is 0.293. The molecule has 0 spiro atoms. The molecule has 0 unspecified atom stereocenters. The molecule has 2 aromatic rings. The average molecular weight is 354 g/mol. The molecule has 140 valence electrons. The highest BCUT2D eigenvalue weighted by atomic mass is 16.5. The molecule has 0 amide bonds. The molecule has 0 saturated carbocycles. The van der Waals surface area contributed by atoms with Gasteiger partial charge in [0.15, 0.2) is 0 Å². The van der Waals surface area contributed by atoms with Gasteiger partial charge in [0.05, 0.1) is 24.6 Å². The lowest BCUT2D eigenvalue weighted by Gasteiger charge is -2.19. The number of hydrogen-bond acceptors (Lipinski definition) is 4. The van der Waals surface area contributed by atoms with Gasteiger partial charge in [-0.15, -0.1) is 0 Å². The zero-order chi connectivity index (χ0) is 18.2. The molecule has 0 aromatic carbocycles. The summed E-state index contributed by atoms with van der Waals surface area (Å²) in [6, 6.07) is 8.21. The van der Waals surface area contributed by atoms with Gasteiger partial charge in [0.25, 0.3) is 0 Å². The van der Waals surface area contributed by atoms with Gasteiger partial charge in [-0.1, -0.05) is 39.5 Å². The molecule has 2 heterocycles. The van der Waals surface area contributed by atoms with Crippen LogP contribution < -0.4 is 9.47 Å². The number of unbranched alkanes of at least 4 members (excludes halogenated alkanes) is 4. The van der Waals surface area contributed by atoms with Gasteiger partial charge >= 0.3 is 0 Å². The van der Waals surface area contributed by atoms with Crippen LogP contribution in [0, 0.1) is 0 Å². The first-order valence-corrected chi connectivity index (χ1v) is 10.1. The van der Waals surface area contributed by atoms with E-state index in [4.69, 9.17) is 19.4 Å². The number of aryl methyl sites for hydroxylation is 2. The van der Waals surface area contributed by atoms with Crippen LogP contribution in [0.5, 0.6) is 11.8 Å². The summed E-state index contributed by atoms with van der Waals surface area (Å²) in [5.41, 5.74) is 4.59. The van der Waals surface area contributed by atoms with Crippen LogP contribution in [0.2, 0.25) is 0 Å². The van der Waals surface area contributed by atoms with Crippen LogP contribution in [-0.2, 0) is 12.8 Å². The third kappa shape index (κ3) is 4.75. The third-order valence-electron chi connectivity index (χ3n) is 4.78. The van der Waals surface area contributed by atoms with Gasteiger partial charge in [-0.2, -0.15) is 0 Å². The van der Waals surface area contributed by atoms with E-state index in [9.17, 15) is 0 Å². The summed E-state index contributed by atoms with van der Waals surface area (Å²) in [7, 11) is 0. The number of hydrogen-bond donors (Lipinski definition) is 0. The van der Waals surface area contributed by atoms with Crippen molar-refractivity contribution in [2.75, 3.05) is 13.2 Å². The second kappa shape index (κ2) is 9.56. The van der Waals surface area contributed by atoms with Gasteiger partial charge in [0, 0.05) is 23.3 Å². The van der Waals surface area contributed by atoms with Gasteiger partial charge in [-0.3, -0.25) is 0 Å². The van der Waals surface area contributed by atoms with E-state index < -0.39 is 0 Å². The molecule has 0 radical (unpaired) electrons. The maximum atomic E-state index is 5.80. The molecule has 0 N–H and O–H groups in total. The molecule has 1 aliphatic carbocycles. The third-order valence-corrected chi connectivity index (χ3v) is 4.78. The summed E-state index contributed by atoms with van der Waals surface area (Å²) >= 11 is 0. The fraction of sp³-hybridized carbons (Fsp3) is 0.545. The van der Waals surface area contributed by atoms with Crippen LogP contribution in [0.4, 0.5) is 0 Å². The summed E-state index contributed by atoms with van der Waals surface area (Å²) in [5, 5.41) is 0. The van der Waals surface area contributed by atoms with Crippen LogP contribution in [-0.4, -0.2) is 23.2 Å². The summed E-state index contributed by atoms with van der Waals surface area (Å²) in [6.07, 6.45) is 8.79. The first-order chi connectivity index (χ1) is 12.8. The highest BCUT2D eigenvalue weighted by molar-refractivity contribution is 5.71. The number of aromatic nitrogens is 2. The summed E-state index contributed by atoms with van der Waals surface area (Å²) in [5.74, 6) is 1.49. The van der Waals surface area contributed by atoms with Gasteiger partial charge in [0.1, 0.15) is 0 Å². The molecule has 4 nitrogen and oxygen atoms in total. The molecule has 26 heavy (non-hydrogen) atoms. The van der Waals surface area contributed by atoms with Crippen molar-refractivity contribution < 1.29 is 9.47 Å². The van der Waals surface area contributed by atoms with Crippen LogP contribution >= 0.6 is 0 Å². The second-order valence-corrected chi connectivity index (χ2v) is 6.90. The number of fused-ring (bicyclic) bond motifs is 3. The van der Waals surface area contributed by atoms with Crippen molar-refractivity contribution in [2.24, 2.45) is 0 Å². The van der Waals surface area contributed by atoms with E-state index in [1.54, 1.807) is 0 Å². The largest absolute Gasteiger partial charge is 0.478 e. The van der Waals surface area contributed by atoms with E-state index in [1.807, 2.05) is 12.1 Å². The van der Waals surface area contributed by atoms with Gasteiger partial charge in [-0.25, -0.2) is 9.97 Å². The molecule has 0 saturated heterocycles. The predicted octanol–water partition coefficient (Wildman–Crippen LogP) is 5.38. The number of pyridine rings is 2. The predicted molar refractivity (Wildman–Crippen MR) is 105 cm³/mol. The molecular weight excluding hydrogens is 324 g/mol. The summed E-state index contributed by atoms with van der Waals surface area (Å²) in [6.45, 7) is 5.89. The van der Waals surface area contributed by atoms with E-state index in [-0.39, 0.29) is 0 Å². The van der Waals surface area contributed by atoms with Crippen molar-refractivity contribution in [1.29, 1.82) is 0 Å². The molecule has 4 heteroatoms. The van der Waals surface area contributed by atoms with Crippen LogP contribution in [0.25, 0.3) is 11.1 Å². The maximum Gasteiger partial charge on any atom is 0.213 e. The van der Waals surface area contributed by atoms with Crippen molar-refractivity contribution in [3.05, 3.63) is 35.7 Å². The Labute approximate surface area is 157 Å². The Bertz CT molecular complexity index is 654. The molecule has 2 aromatic heterocycles. The number of rotatable bonds is 10. The number of ether oxygens (including phenoxy) is 2. The Balaban J connectivity index is 1.66. The zero-order valence-electron chi connectivity index (χ0n) is 16.1. The van der Waals surface area contributed by atoms with Crippen molar-refractivity contribution in [2.45, 2.75) is 65.2 Å². The van der Waals surface area contributed by atoms with Crippen molar-refractivity contribution in [3.8, 4) is 22.9 Å². The Hall–Kier alpha value is -2.10. The lowest BCUT2D eigenvalue weighted by Crippen LogP contribution is -2.10. The fourth-order valence-corrected chi connectivity index (χ4v) is 3.29. The first kappa shape index (κ1) is 18.7. The Morgan fingerprint density at radius 1 is 0.692 bits per heavy atom. The van der Waals surface area contributed by atoms with E-state index in [0.717, 1.165) is 62.0 Å². The fourth-order valence-electron chi connectivity index (χ4n) is 3.29. The lowest BCUT2D eigenvalue weighted by atomic mass is 9.92. The molecule has 0 fully saturated rings. The molecular formula is C22H30N2O2. The Kier molecular flexibility index (Phi) is 6.87. The highest BCUT2D eigenvalue weighted by Crippen LogP contribution is 2.34. The molecule has 3 rings (SSSR count). The average Bonchev–Trinajstić information content (AvgIpc) is 2.68. The van der Waals surface area contributed by atoms with Crippen LogP contribution in [0.15, 0.2) is 24.3 Å². The Morgan fingerprint density at radius 3 is 1.58 bits per heavy atom. The van der Waals surface area contributed by atoms with E-state index in [1.165, 1.54) is 36.8 Å². The van der Waals surface area contributed by atoms with Crippen molar-refractivity contribution in [3.63, 3.8) is 0 Å². The van der Waals surface area contributed by atoms with Gasteiger partial charge < -0.3 is 9.47 Å². The topological polar surface area (TPSA) is 44.2 Å². The standard InChI is InChI=1S/C22H30N2O2/c1-3-5-7-15-25-21-13-9-17-18-10-14-22(26-16-8-6-4-2)24-20(18)12-11-19(17)23-21/h9-10,13-14H,3-8,11-12,15-16H2,1-2H3. The van der Waals surface area contributed by atoms with Crippen molar-refractivity contribution >= 4 is 0 Å². The molecule has 1 aliphatic rings. The molecule has 0 bridgehead atoms. The Morgan fingerprint density at radius 2 is 1.15 bits per heavy atom.